The molecule has 0 bridgehead atoms. The van der Waals surface area contributed by atoms with Crippen LogP contribution >= 0.6 is 11.6 Å². The van der Waals surface area contributed by atoms with Crippen molar-refractivity contribution in [2.24, 2.45) is 0 Å². The minimum absolute atomic E-state index is 0.254. The quantitative estimate of drug-likeness (QED) is 0.746. The van der Waals surface area contributed by atoms with Crippen molar-refractivity contribution in [2.75, 3.05) is 0 Å². The van der Waals surface area contributed by atoms with Crippen LogP contribution in [0.3, 0.4) is 0 Å². The Bertz CT molecular complexity index is 333. The molecule has 1 saturated heterocycles. The van der Waals surface area contributed by atoms with Crippen molar-refractivity contribution in [1.29, 1.82) is 0 Å². The van der Waals surface area contributed by atoms with Gasteiger partial charge in [0.25, 0.3) is 0 Å². The summed E-state index contributed by atoms with van der Waals surface area (Å²) in [6.07, 6.45) is 2.39. The van der Waals surface area contributed by atoms with E-state index in [0.717, 1.165) is 5.02 Å². The largest absolute Gasteiger partial charge is 0.305 e. The van der Waals surface area contributed by atoms with Crippen LogP contribution in [0, 0.1) is 0 Å². The fourth-order valence-electron chi connectivity index (χ4n) is 2.11. The van der Waals surface area contributed by atoms with Crippen molar-refractivity contribution in [1.82, 2.24) is 5.32 Å². The van der Waals surface area contributed by atoms with E-state index in [1.54, 1.807) is 0 Å². The van der Waals surface area contributed by atoms with Gasteiger partial charge in [0, 0.05) is 16.6 Å². The predicted octanol–water partition coefficient (Wildman–Crippen LogP) is 3.54. The molecule has 1 aliphatic heterocycles. The average molecular weight is 210 g/mol. The van der Waals surface area contributed by atoms with Gasteiger partial charge in [0.15, 0.2) is 0 Å². The number of halogens is 1. The van der Waals surface area contributed by atoms with E-state index in [0.29, 0.717) is 6.04 Å². The molecule has 2 heteroatoms. The summed E-state index contributed by atoms with van der Waals surface area (Å²) in [5.74, 6) is 0. The van der Waals surface area contributed by atoms with Crippen molar-refractivity contribution < 1.29 is 0 Å². The zero-order chi connectivity index (χ0) is 10.2. The fraction of sp³-hybridized carbons (Fsp3) is 0.500. The van der Waals surface area contributed by atoms with Gasteiger partial charge >= 0.3 is 0 Å². The molecule has 0 amide bonds. The topological polar surface area (TPSA) is 12.0 Å². The van der Waals surface area contributed by atoms with Crippen LogP contribution in [0.25, 0.3) is 0 Å². The molecule has 1 fully saturated rings. The van der Waals surface area contributed by atoms with E-state index >= 15 is 0 Å². The second kappa shape index (κ2) is 3.56. The van der Waals surface area contributed by atoms with E-state index in [-0.39, 0.29) is 5.54 Å². The maximum absolute atomic E-state index is 6.16. The van der Waals surface area contributed by atoms with E-state index in [4.69, 9.17) is 11.6 Å². The van der Waals surface area contributed by atoms with Crippen LogP contribution in [0.2, 0.25) is 5.02 Å². The lowest BCUT2D eigenvalue weighted by Gasteiger charge is -2.20. The average Bonchev–Trinajstić information content (AvgIpc) is 2.47. The molecule has 1 heterocycles. The summed E-state index contributed by atoms with van der Waals surface area (Å²) in [5.41, 5.74) is 1.49. The number of hydrogen-bond donors (Lipinski definition) is 1. The Kier molecular flexibility index (Phi) is 2.54. The number of nitrogens with one attached hydrogen (secondary N) is 1. The Morgan fingerprint density at radius 2 is 2.07 bits per heavy atom. The van der Waals surface area contributed by atoms with Gasteiger partial charge in [-0.25, -0.2) is 0 Å². The van der Waals surface area contributed by atoms with Gasteiger partial charge in [0.2, 0.25) is 0 Å². The van der Waals surface area contributed by atoms with Gasteiger partial charge in [-0.05, 0) is 38.3 Å². The summed E-state index contributed by atoms with van der Waals surface area (Å²) in [6.45, 7) is 4.48. The molecule has 0 radical (unpaired) electrons. The van der Waals surface area contributed by atoms with Gasteiger partial charge in [0.05, 0.1) is 0 Å². The molecule has 1 unspecified atom stereocenters. The molecule has 1 aromatic carbocycles. The lowest BCUT2D eigenvalue weighted by molar-refractivity contribution is 0.433. The highest BCUT2D eigenvalue weighted by atomic mass is 35.5. The second-order valence-corrected chi connectivity index (χ2v) is 5.05. The van der Waals surface area contributed by atoms with E-state index in [9.17, 15) is 0 Å². The summed E-state index contributed by atoms with van der Waals surface area (Å²) < 4.78 is 0. The van der Waals surface area contributed by atoms with Crippen LogP contribution < -0.4 is 5.32 Å². The van der Waals surface area contributed by atoms with Gasteiger partial charge in [-0.1, -0.05) is 29.8 Å². The van der Waals surface area contributed by atoms with Crippen LogP contribution in [0.4, 0.5) is 0 Å². The molecule has 0 aromatic heterocycles. The van der Waals surface area contributed by atoms with E-state index in [1.807, 2.05) is 18.2 Å². The number of benzene rings is 1. The van der Waals surface area contributed by atoms with Crippen LogP contribution in [-0.4, -0.2) is 5.54 Å². The zero-order valence-corrected chi connectivity index (χ0v) is 9.43. The first-order chi connectivity index (χ1) is 6.58. The highest BCUT2D eigenvalue weighted by molar-refractivity contribution is 6.31. The third kappa shape index (κ3) is 1.94. The van der Waals surface area contributed by atoms with Gasteiger partial charge in [-0.15, -0.1) is 0 Å². The lowest BCUT2D eigenvalue weighted by Crippen LogP contribution is -2.33. The summed E-state index contributed by atoms with van der Waals surface area (Å²) in [6, 6.07) is 8.53. The van der Waals surface area contributed by atoms with Gasteiger partial charge < -0.3 is 5.32 Å². The van der Waals surface area contributed by atoms with Crippen LogP contribution in [0.1, 0.15) is 38.3 Å². The molecule has 0 spiro atoms. The van der Waals surface area contributed by atoms with Gasteiger partial charge in [-0.3, -0.25) is 0 Å². The molecule has 2 rings (SSSR count). The van der Waals surface area contributed by atoms with Crippen molar-refractivity contribution in [3.63, 3.8) is 0 Å². The third-order valence-corrected chi connectivity index (χ3v) is 3.25. The first-order valence-corrected chi connectivity index (χ1v) is 5.48. The summed E-state index contributed by atoms with van der Waals surface area (Å²) in [5, 5.41) is 4.48. The van der Waals surface area contributed by atoms with Crippen molar-refractivity contribution in [3.05, 3.63) is 34.9 Å². The smallest absolute Gasteiger partial charge is 0.0453 e. The molecule has 0 saturated carbocycles. The van der Waals surface area contributed by atoms with Crippen molar-refractivity contribution >= 4 is 11.6 Å². The maximum Gasteiger partial charge on any atom is 0.0453 e. The SMILES string of the molecule is CC1(C)CCC(c2ccccc2Cl)N1. The molecule has 76 valence electrons. The third-order valence-electron chi connectivity index (χ3n) is 2.90. The van der Waals surface area contributed by atoms with Crippen molar-refractivity contribution in [3.8, 4) is 0 Å². The summed E-state index contributed by atoms with van der Waals surface area (Å²) in [7, 11) is 0. The molecule has 1 aromatic rings. The standard InChI is InChI=1S/C12H16ClN/c1-12(2)8-7-11(14-12)9-5-3-4-6-10(9)13/h3-6,11,14H,7-8H2,1-2H3. The zero-order valence-electron chi connectivity index (χ0n) is 8.68. The molecular weight excluding hydrogens is 194 g/mol. The minimum atomic E-state index is 0.254. The molecule has 1 aliphatic rings. The molecule has 0 aliphatic carbocycles. The Morgan fingerprint density at radius 3 is 2.64 bits per heavy atom. The molecular formula is C12H16ClN. The monoisotopic (exact) mass is 209 g/mol. The normalized spacial score (nSPS) is 25.2. The molecule has 1 N–H and O–H groups in total. The Hall–Kier alpha value is -0.530. The fourth-order valence-corrected chi connectivity index (χ4v) is 2.38. The molecule has 14 heavy (non-hydrogen) atoms. The van der Waals surface area contributed by atoms with Gasteiger partial charge in [0.1, 0.15) is 0 Å². The predicted molar refractivity (Wildman–Crippen MR) is 60.6 cm³/mol. The Labute approximate surface area is 90.5 Å². The number of hydrogen-bond acceptors (Lipinski definition) is 1. The van der Waals surface area contributed by atoms with E-state index in [2.05, 4.69) is 25.2 Å². The first-order valence-electron chi connectivity index (χ1n) is 5.11. The van der Waals surface area contributed by atoms with Gasteiger partial charge in [-0.2, -0.15) is 0 Å². The highest BCUT2D eigenvalue weighted by Crippen LogP contribution is 2.35. The summed E-state index contributed by atoms with van der Waals surface area (Å²) >= 11 is 6.16. The molecule has 1 atom stereocenters. The van der Waals surface area contributed by atoms with E-state index in [1.165, 1.54) is 18.4 Å². The number of rotatable bonds is 1. The van der Waals surface area contributed by atoms with E-state index < -0.39 is 0 Å². The minimum Gasteiger partial charge on any atom is -0.305 e. The van der Waals surface area contributed by atoms with Crippen LogP contribution in [-0.2, 0) is 0 Å². The maximum atomic E-state index is 6.16. The summed E-state index contributed by atoms with van der Waals surface area (Å²) in [4.78, 5) is 0. The van der Waals surface area contributed by atoms with Crippen molar-refractivity contribution in [2.45, 2.75) is 38.3 Å². The lowest BCUT2D eigenvalue weighted by atomic mass is 10.0. The van der Waals surface area contributed by atoms with Crippen LogP contribution in [0.5, 0.6) is 0 Å². The highest BCUT2D eigenvalue weighted by Gasteiger charge is 2.31. The second-order valence-electron chi connectivity index (χ2n) is 4.64. The Balaban J connectivity index is 2.22. The first kappa shape index (κ1) is 10.0. The molecule has 1 nitrogen and oxygen atoms in total. The van der Waals surface area contributed by atoms with Crippen LogP contribution in [0.15, 0.2) is 24.3 Å². The Morgan fingerprint density at radius 1 is 1.36 bits per heavy atom.